The summed E-state index contributed by atoms with van der Waals surface area (Å²) in [5, 5.41) is 8.32. The molecule has 156 valence electrons. The van der Waals surface area contributed by atoms with Gasteiger partial charge in [-0.15, -0.1) is 10.2 Å². The molecule has 0 bridgehead atoms. The molecule has 0 radical (unpaired) electrons. The maximum absolute atomic E-state index is 12.9. The summed E-state index contributed by atoms with van der Waals surface area (Å²) in [6.07, 6.45) is 0. The molecule has 0 unspecified atom stereocenters. The number of carbonyl (C=O) groups is 1. The number of ether oxygens (including phenoxy) is 4. The van der Waals surface area contributed by atoms with Crippen molar-refractivity contribution in [1.29, 1.82) is 0 Å². The molecule has 29 heavy (non-hydrogen) atoms. The monoisotopic (exact) mass is 402 g/mol. The minimum atomic E-state index is -0.0465. The van der Waals surface area contributed by atoms with Crippen LogP contribution in [0.3, 0.4) is 0 Å². The van der Waals surface area contributed by atoms with E-state index in [0.717, 1.165) is 5.82 Å². The summed E-state index contributed by atoms with van der Waals surface area (Å²) in [7, 11) is 4.75. The maximum Gasteiger partial charge on any atom is 0.254 e. The van der Waals surface area contributed by atoms with Crippen LogP contribution in [-0.4, -0.2) is 81.7 Å². The highest BCUT2D eigenvalue weighted by Gasteiger charge is 2.24. The van der Waals surface area contributed by atoms with E-state index in [-0.39, 0.29) is 5.91 Å². The molecule has 3 rings (SSSR count). The molecule has 1 fully saturated rings. The van der Waals surface area contributed by atoms with Gasteiger partial charge in [-0.2, -0.15) is 0 Å². The van der Waals surface area contributed by atoms with Gasteiger partial charge >= 0.3 is 0 Å². The summed E-state index contributed by atoms with van der Waals surface area (Å²) in [6, 6.07) is 8.86. The van der Waals surface area contributed by atoms with Gasteiger partial charge in [0.15, 0.2) is 5.82 Å². The van der Waals surface area contributed by atoms with Crippen LogP contribution in [0.1, 0.15) is 10.4 Å². The van der Waals surface area contributed by atoms with Crippen molar-refractivity contribution in [1.82, 2.24) is 15.1 Å². The zero-order valence-corrected chi connectivity index (χ0v) is 17.0. The van der Waals surface area contributed by atoms with Gasteiger partial charge in [0.2, 0.25) is 5.88 Å². The van der Waals surface area contributed by atoms with Crippen LogP contribution in [0.5, 0.6) is 17.4 Å². The van der Waals surface area contributed by atoms with Crippen molar-refractivity contribution in [3.8, 4) is 17.4 Å². The number of aromatic nitrogens is 2. The average Bonchev–Trinajstić information content (AvgIpc) is 2.79. The van der Waals surface area contributed by atoms with Crippen molar-refractivity contribution in [3.63, 3.8) is 0 Å². The molecule has 0 atom stereocenters. The highest BCUT2D eigenvalue weighted by atomic mass is 16.5. The molecule has 1 aliphatic rings. The van der Waals surface area contributed by atoms with Crippen molar-refractivity contribution in [2.45, 2.75) is 0 Å². The molecule has 0 N–H and O–H groups in total. The van der Waals surface area contributed by atoms with Crippen molar-refractivity contribution in [2.24, 2.45) is 0 Å². The van der Waals surface area contributed by atoms with E-state index in [1.54, 1.807) is 45.6 Å². The van der Waals surface area contributed by atoms with E-state index >= 15 is 0 Å². The second-order valence-electron chi connectivity index (χ2n) is 6.45. The zero-order chi connectivity index (χ0) is 20.6. The summed E-state index contributed by atoms with van der Waals surface area (Å²) >= 11 is 0. The van der Waals surface area contributed by atoms with Crippen LogP contribution in [0.2, 0.25) is 0 Å². The molecule has 0 aliphatic carbocycles. The number of amides is 1. The number of methoxy groups -OCH3 is 3. The molecule has 1 aromatic heterocycles. The number of rotatable bonds is 8. The van der Waals surface area contributed by atoms with Crippen LogP contribution in [0.25, 0.3) is 0 Å². The summed E-state index contributed by atoms with van der Waals surface area (Å²) in [4.78, 5) is 16.8. The van der Waals surface area contributed by atoms with E-state index in [2.05, 4.69) is 15.1 Å². The van der Waals surface area contributed by atoms with Gasteiger partial charge in [-0.3, -0.25) is 4.79 Å². The maximum atomic E-state index is 12.9. The Kier molecular flexibility index (Phi) is 7.07. The third kappa shape index (κ3) is 5.26. The van der Waals surface area contributed by atoms with E-state index in [9.17, 15) is 4.79 Å². The van der Waals surface area contributed by atoms with Gasteiger partial charge in [0, 0.05) is 51.0 Å². The Morgan fingerprint density at radius 2 is 1.62 bits per heavy atom. The Bertz CT molecular complexity index is 785. The Hall–Kier alpha value is -3.07. The molecule has 1 aliphatic heterocycles. The van der Waals surface area contributed by atoms with Crippen LogP contribution >= 0.6 is 0 Å². The molecule has 1 amide bonds. The lowest BCUT2D eigenvalue weighted by Crippen LogP contribution is -2.49. The smallest absolute Gasteiger partial charge is 0.254 e. The van der Waals surface area contributed by atoms with Crippen molar-refractivity contribution < 1.29 is 23.7 Å². The third-order valence-corrected chi connectivity index (χ3v) is 4.65. The molecular formula is C20H26N4O5. The lowest BCUT2D eigenvalue weighted by Gasteiger charge is -2.35. The van der Waals surface area contributed by atoms with Crippen molar-refractivity contribution in [3.05, 3.63) is 35.9 Å². The van der Waals surface area contributed by atoms with Crippen LogP contribution in [0.15, 0.2) is 30.3 Å². The Labute approximate surface area is 170 Å². The first kappa shape index (κ1) is 20.7. The average molecular weight is 402 g/mol. The van der Waals surface area contributed by atoms with Crippen LogP contribution in [0.4, 0.5) is 5.82 Å². The number of anilines is 1. The van der Waals surface area contributed by atoms with E-state index in [1.807, 2.05) is 11.0 Å². The Morgan fingerprint density at radius 1 is 0.931 bits per heavy atom. The molecule has 9 heteroatoms. The minimum absolute atomic E-state index is 0.0465. The summed E-state index contributed by atoms with van der Waals surface area (Å²) in [6.45, 7) is 3.45. The molecule has 1 aromatic carbocycles. The van der Waals surface area contributed by atoms with Gasteiger partial charge in [0.1, 0.15) is 18.1 Å². The molecule has 1 saturated heterocycles. The van der Waals surface area contributed by atoms with Crippen molar-refractivity contribution >= 4 is 11.7 Å². The summed E-state index contributed by atoms with van der Waals surface area (Å²) in [5.41, 5.74) is 0.548. The third-order valence-electron chi connectivity index (χ3n) is 4.65. The Morgan fingerprint density at radius 3 is 2.17 bits per heavy atom. The first-order chi connectivity index (χ1) is 14.1. The predicted molar refractivity (Wildman–Crippen MR) is 107 cm³/mol. The molecular weight excluding hydrogens is 376 g/mol. The molecule has 9 nitrogen and oxygen atoms in total. The topological polar surface area (TPSA) is 86.3 Å². The van der Waals surface area contributed by atoms with Crippen LogP contribution in [-0.2, 0) is 4.74 Å². The first-order valence-corrected chi connectivity index (χ1v) is 9.37. The quantitative estimate of drug-likeness (QED) is 0.614. The zero-order valence-electron chi connectivity index (χ0n) is 17.0. The number of nitrogens with zero attached hydrogens (tertiary/aromatic N) is 4. The lowest BCUT2D eigenvalue weighted by atomic mass is 10.1. The second kappa shape index (κ2) is 9.92. The number of benzene rings is 1. The molecule has 0 saturated carbocycles. The van der Waals surface area contributed by atoms with Crippen molar-refractivity contribution in [2.75, 3.05) is 65.6 Å². The number of piperazine rings is 1. The summed E-state index contributed by atoms with van der Waals surface area (Å²) < 4.78 is 20.9. The molecule has 0 spiro atoms. The van der Waals surface area contributed by atoms with E-state index in [1.165, 1.54) is 0 Å². The van der Waals surface area contributed by atoms with Gasteiger partial charge in [-0.05, 0) is 18.2 Å². The van der Waals surface area contributed by atoms with Crippen LogP contribution < -0.4 is 19.1 Å². The fourth-order valence-electron chi connectivity index (χ4n) is 3.04. The largest absolute Gasteiger partial charge is 0.497 e. The minimum Gasteiger partial charge on any atom is -0.497 e. The molecule has 2 heterocycles. The summed E-state index contributed by atoms with van der Waals surface area (Å²) in [5.74, 6) is 2.37. The van der Waals surface area contributed by atoms with Gasteiger partial charge in [0.25, 0.3) is 5.91 Å². The second-order valence-corrected chi connectivity index (χ2v) is 6.45. The first-order valence-electron chi connectivity index (χ1n) is 9.37. The normalized spacial score (nSPS) is 13.9. The van der Waals surface area contributed by atoms with E-state index < -0.39 is 0 Å². The number of hydrogen-bond donors (Lipinski definition) is 0. The van der Waals surface area contributed by atoms with Gasteiger partial charge < -0.3 is 28.7 Å². The van der Waals surface area contributed by atoms with Gasteiger partial charge in [0.05, 0.1) is 20.8 Å². The van der Waals surface area contributed by atoms with E-state index in [4.69, 9.17) is 18.9 Å². The fraction of sp³-hybridized carbons (Fsp3) is 0.450. The van der Waals surface area contributed by atoms with Crippen LogP contribution in [0, 0.1) is 0 Å². The predicted octanol–water partition coefficient (Wildman–Crippen LogP) is 1.48. The van der Waals surface area contributed by atoms with Gasteiger partial charge in [-0.25, -0.2) is 0 Å². The highest BCUT2D eigenvalue weighted by Crippen LogP contribution is 2.24. The van der Waals surface area contributed by atoms with E-state index in [0.29, 0.717) is 62.3 Å². The lowest BCUT2D eigenvalue weighted by molar-refractivity contribution is 0.0745. The van der Waals surface area contributed by atoms with Gasteiger partial charge in [-0.1, -0.05) is 0 Å². The Balaban J connectivity index is 1.58. The number of carbonyl (C=O) groups excluding carboxylic acids is 1. The number of hydrogen-bond acceptors (Lipinski definition) is 8. The SMILES string of the molecule is COCCOc1ccc(N2CCN(C(=O)c3cc(OC)cc(OC)c3)CC2)nn1. The highest BCUT2D eigenvalue weighted by molar-refractivity contribution is 5.95. The molecule has 2 aromatic rings. The fourth-order valence-corrected chi connectivity index (χ4v) is 3.04. The standard InChI is InChI=1S/C20H26N4O5/c1-26-10-11-29-19-5-4-18(21-22-19)23-6-8-24(9-7-23)20(25)15-12-16(27-2)14-17(13-15)28-3/h4-5,12-14H,6-11H2,1-3H3.